The fraction of sp³-hybridized carbons (Fsp3) is 0.0588. The highest BCUT2D eigenvalue weighted by Gasteiger charge is 2.16. The lowest BCUT2D eigenvalue weighted by Crippen LogP contribution is -2.13. The van der Waals surface area contributed by atoms with Crippen molar-refractivity contribution >= 4 is 65.6 Å². The summed E-state index contributed by atoms with van der Waals surface area (Å²) in [5.74, 6) is 0.597. The molecule has 4 rings (SSSR count). The Bertz CT molecular complexity index is 1120. The summed E-state index contributed by atoms with van der Waals surface area (Å²) in [5, 5.41) is 22.5. The average Bonchev–Trinajstić information content (AvgIpc) is 3.07. The Kier molecular flexibility index (Phi) is 4.31. The number of anilines is 3. The second kappa shape index (κ2) is 6.51. The lowest BCUT2D eigenvalue weighted by molar-refractivity contribution is 0.0298. The third-order valence-corrected chi connectivity index (χ3v) is 5.24. The van der Waals surface area contributed by atoms with Gasteiger partial charge >= 0.3 is 0 Å². The van der Waals surface area contributed by atoms with E-state index in [0.717, 1.165) is 20.2 Å². The molecule has 3 N–H and O–H groups in total. The van der Waals surface area contributed by atoms with Gasteiger partial charge in [-0.05, 0) is 68.6 Å². The van der Waals surface area contributed by atoms with Crippen molar-refractivity contribution in [2.75, 3.05) is 10.5 Å². The van der Waals surface area contributed by atoms with E-state index in [0.29, 0.717) is 22.4 Å². The molecule has 26 heavy (non-hydrogen) atoms. The maximum absolute atomic E-state index is 9.52. The lowest BCUT2D eigenvalue weighted by atomic mass is 10.2. The minimum Gasteiger partial charge on any atom is -0.337 e. The van der Waals surface area contributed by atoms with Crippen molar-refractivity contribution < 1.29 is 10.4 Å². The summed E-state index contributed by atoms with van der Waals surface area (Å²) in [4.78, 5) is 8.85. The number of hydrogen-bond donors (Lipinski definition) is 3. The van der Waals surface area contributed by atoms with Crippen LogP contribution >= 0.6 is 31.9 Å². The molecule has 2 heterocycles. The van der Waals surface area contributed by atoms with Crippen molar-refractivity contribution in [3.63, 3.8) is 0 Å². The van der Waals surface area contributed by atoms with Crippen LogP contribution in [0.3, 0.4) is 0 Å². The van der Waals surface area contributed by atoms with Gasteiger partial charge < -0.3 is 5.32 Å². The molecule has 4 aromatic rings. The van der Waals surface area contributed by atoms with E-state index in [4.69, 9.17) is 0 Å². The molecule has 2 aromatic heterocycles. The van der Waals surface area contributed by atoms with Crippen LogP contribution in [0.2, 0.25) is 0 Å². The Morgan fingerprint density at radius 3 is 2.58 bits per heavy atom. The fourth-order valence-corrected chi connectivity index (χ4v) is 4.49. The highest BCUT2D eigenvalue weighted by atomic mass is 79.9. The van der Waals surface area contributed by atoms with Crippen LogP contribution in [0.4, 0.5) is 17.2 Å². The SMILES string of the molecule is Cc1cc(Br)c(Nc2nc3cccc(N(O)O)c3n3cncc23)c(Br)c1. The van der Waals surface area contributed by atoms with Crippen molar-refractivity contribution in [1.82, 2.24) is 14.4 Å². The van der Waals surface area contributed by atoms with E-state index in [1.807, 2.05) is 19.1 Å². The Balaban J connectivity index is 1.96. The predicted octanol–water partition coefficient (Wildman–Crippen LogP) is 5.04. The molecule has 0 aliphatic rings. The Morgan fingerprint density at radius 2 is 1.88 bits per heavy atom. The summed E-state index contributed by atoms with van der Waals surface area (Å²) in [7, 11) is 0. The quantitative estimate of drug-likeness (QED) is 0.357. The standard InChI is InChI=1S/C17H13Br2N5O2/c1-9-5-10(18)15(11(19)6-9)22-17-14-7-20-8-23(14)16-12(21-17)3-2-4-13(16)24(25)26/h2-8,25-26H,1H3,(H,21,22). The van der Waals surface area contributed by atoms with Gasteiger partial charge in [-0.1, -0.05) is 6.07 Å². The van der Waals surface area contributed by atoms with Gasteiger partial charge in [0.15, 0.2) is 5.82 Å². The van der Waals surface area contributed by atoms with Crippen LogP contribution < -0.4 is 10.5 Å². The third kappa shape index (κ3) is 2.82. The summed E-state index contributed by atoms with van der Waals surface area (Å²) in [6.45, 7) is 2.01. The summed E-state index contributed by atoms with van der Waals surface area (Å²) < 4.78 is 3.55. The number of nitrogens with zero attached hydrogens (tertiary/aromatic N) is 4. The van der Waals surface area contributed by atoms with Crippen molar-refractivity contribution in [3.8, 4) is 0 Å². The number of para-hydroxylation sites is 1. The van der Waals surface area contributed by atoms with Gasteiger partial charge in [-0.25, -0.2) is 9.97 Å². The molecule has 0 aliphatic heterocycles. The van der Waals surface area contributed by atoms with E-state index in [1.54, 1.807) is 35.1 Å². The van der Waals surface area contributed by atoms with Gasteiger partial charge in [0.05, 0.1) is 23.7 Å². The largest absolute Gasteiger partial charge is 0.337 e. The fourth-order valence-electron chi connectivity index (χ4n) is 2.87. The van der Waals surface area contributed by atoms with Gasteiger partial charge in [-0.3, -0.25) is 14.8 Å². The molecule has 0 saturated carbocycles. The van der Waals surface area contributed by atoms with Gasteiger partial charge in [0, 0.05) is 8.95 Å². The number of benzene rings is 2. The van der Waals surface area contributed by atoms with Crippen LogP contribution in [0.25, 0.3) is 16.6 Å². The number of fused-ring (bicyclic) bond motifs is 3. The maximum atomic E-state index is 9.52. The normalized spacial score (nSPS) is 11.3. The minimum absolute atomic E-state index is 0.0870. The Morgan fingerprint density at radius 1 is 1.15 bits per heavy atom. The number of hydrogen-bond acceptors (Lipinski definition) is 6. The van der Waals surface area contributed by atoms with Gasteiger partial charge in [-0.15, -0.1) is 5.23 Å². The zero-order valence-corrected chi connectivity index (χ0v) is 16.7. The van der Waals surface area contributed by atoms with Gasteiger partial charge in [0.25, 0.3) is 0 Å². The first-order valence-corrected chi connectivity index (χ1v) is 9.19. The second-order valence-electron chi connectivity index (χ2n) is 5.77. The Labute approximate surface area is 165 Å². The molecule has 0 spiro atoms. The summed E-state index contributed by atoms with van der Waals surface area (Å²) in [6, 6.07) is 9.11. The average molecular weight is 479 g/mol. The molecule has 7 nitrogen and oxygen atoms in total. The van der Waals surface area contributed by atoms with Crippen LogP contribution in [-0.2, 0) is 0 Å². The molecule has 9 heteroatoms. The molecule has 132 valence electrons. The van der Waals surface area contributed by atoms with Crippen molar-refractivity contribution in [2.24, 2.45) is 0 Å². The number of imidazole rings is 1. The summed E-state index contributed by atoms with van der Waals surface area (Å²) in [6.07, 6.45) is 3.28. The van der Waals surface area contributed by atoms with Crippen LogP contribution in [0.1, 0.15) is 5.56 Å². The number of rotatable bonds is 3. The first-order chi connectivity index (χ1) is 12.5. The predicted molar refractivity (Wildman–Crippen MR) is 106 cm³/mol. The van der Waals surface area contributed by atoms with Crippen LogP contribution in [0, 0.1) is 6.92 Å². The van der Waals surface area contributed by atoms with Crippen molar-refractivity contribution in [1.29, 1.82) is 0 Å². The molecule has 0 atom stereocenters. The molecule has 0 saturated heterocycles. The van der Waals surface area contributed by atoms with Crippen LogP contribution in [0.15, 0.2) is 51.8 Å². The molecule has 0 radical (unpaired) electrons. The first-order valence-electron chi connectivity index (χ1n) is 7.61. The number of nitrogens with one attached hydrogen (secondary N) is 1. The lowest BCUT2D eigenvalue weighted by Gasteiger charge is -2.16. The van der Waals surface area contributed by atoms with E-state index in [9.17, 15) is 10.4 Å². The first kappa shape index (κ1) is 17.2. The number of aromatic nitrogens is 3. The molecule has 0 bridgehead atoms. The molecule has 0 aliphatic carbocycles. The van der Waals surface area contributed by atoms with Gasteiger partial charge in [0.1, 0.15) is 16.7 Å². The van der Waals surface area contributed by atoms with Crippen LogP contribution in [0.5, 0.6) is 0 Å². The zero-order valence-electron chi connectivity index (χ0n) is 13.5. The monoisotopic (exact) mass is 477 g/mol. The molecule has 2 aromatic carbocycles. The van der Waals surface area contributed by atoms with Gasteiger partial charge in [0.2, 0.25) is 0 Å². The summed E-state index contributed by atoms with van der Waals surface area (Å²) in [5.41, 5.74) is 3.99. The van der Waals surface area contributed by atoms with E-state index in [1.165, 1.54) is 0 Å². The highest BCUT2D eigenvalue weighted by molar-refractivity contribution is 9.11. The Hall–Kier alpha value is -2.20. The van der Waals surface area contributed by atoms with Crippen molar-refractivity contribution in [3.05, 3.63) is 57.4 Å². The molecule has 0 fully saturated rings. The smallest absolute Gasteiger partial charge is 0.157 e. The van der Waals surface area contributed by atoms with E-state index < -0.39 is 0 Å². The van der Waals surface area contributed by atoms with Gasteiger partial charge in [-0.2, -0.15) is 0 Å². The molecular weight excluding hydrogens is 466 g/mol. The zero-order chi connectivity index (χ0) is 18.4. The van der Waals surface area contributed by atoms with Crippen LogP contribution in [-0.4, -0.2) is 24.8 Å². The maximum Gasteiger partial charge on any atom is 0.157 e. The van der Waals surface area contributed by atoms with E-state index in [2.05, 4.69) is 47.1 Å². The van der Waals surface area contributed by atoms with Crippen molar-refractivity contribution in [2.45, 2.75) is 6.92 Å². The topological polar surface area (TPSA) is 85.9 Å². The number of aryl methyl sites for hydroxylation is 1. The number of halogens is 2. The van der Waals surface area contributed by atoms with E-state index in [-0.39, 0.29) is 10.9 Å². The van der Waals surface area contributed by atoms with E-state index >= 15 is 0 Å². The molecule has 0 amide bonds. The highest BCUT2D eigenvalue weighted by Crippen LogP contribution is 2.36. The summed E-state index contributed by atoms with van der Waals surface area (Å²) >= 11 is 7.15. The second-order valence-corrected chi connectivity index (χ2v) is 7.48. The minimum atomic E-state index is 0.0870. The third-order valence-electron chi connectivity index (χ3n) is 3.99. The molecule has 0 unspecified atom stereocenters. The molecular formula is C17H13Br2N5O2.